The lowest BCUT2D eigenvalue weighted by Gasteiger charge is -2.22. The van der Waals surface area contributed by atoms with Crippen LogP contribution in [0.25, 0.3) is 0 Å². The molecule has 0 aliphatic heterocycles. The number of esters is 1. The summed E-state index contributed by atoms with van der Waals surface area (Å²) in [6.07, 6.45) is 32.3. The van der Waals surface area contributed by atoms with Gasteiger partial charge in [-0.1, -0.05) is 137 Å². The molecule has 0 heterocycles. The minimum atomic E-state index is -1.61. The molecule has 54 heavy (non-hydrogen) atoms. The Kier molecular flexibility index (Phi) is 48.7. The summed E-state index contributed by atoms with van der Waals surface area (Å²) >= 11 is -1.61. The zero-order chi connectivity index (χ0) is 39.6. The SMILES string of the molecule is C.CCCCCCCOC(=O)CCCCCCCCN(CCCCCCCCOCOC(CCCC)CCCCC)CCCN=C(N)N(C)C.CS(=O)O.[HH]. The number of aliphatic imine (C=N–C) groups is 1. The van der Waals surface area contributed by atoms with E-state index >= 15 is 0 Å². The first kappa shape index (κ1) is 57.1. The molecule has 328 valence electrons. The molecule has 10 nitrogen and oxygen atoms in total. The summed E-state index contributed by atoms with van der Waals surface area (Å²) < 4.78 is 33.9. The molecule has 0 aliphatic rings. The van der Waals surface area contributed by atoms with Crippen molar-refractivity contribution in [2.24, 2.45) is 10.7 Å². The lowest BCUT2D eigenvalue weighted by molar-refractivity contribution is -0.143. The molecule has 0 fully saturated rings. The highest BCUT2D eigenvalue weighted by Gasteiger charge is 2.09. The van der Waals surface area contributed by atoms with Crippen molar-refractivity contribution >= 4 is 23.0 Å². The highest BCUT2D eigenvalue weighted by atomic mass is 32.2. The van der Waals surface area contributed by atoms with Gasteiger partial charge < -0.3 is 34.3 Å². The lowest BCUT2D eigenvalue weighted by atomic mass is 10.1. The van der Waals surface area contributed by atoms with Crippen LogP contribution < -0.4 is 5.73 Å². The number of unbranched alkanes of at least 4 members (excludes halogenated alkanes) is 17. The molecular weight excluding hydrogens is 701 g/mol. The summed E-state index contributed by atoms with van der Waals surface area (Å²) in [6, 6.07) is 0. The van der Waals surface area contributed by atoms with Crippen LogP contribution in [-0.2, 0) is 30.1 Å². The number of hydrogen-bond donors (Lipinski definition) is 2. The number of ether oxygens (including phenoxy) is 3. The highest BCUT2D eigenvalue weighted by molar-refractivity contribution is 7.78. The van der Waals surface area contributed by atoms with Gasteiger partial charge in [-0.05, 0) is 71.0 Å². The molecule has 0 aromatic heterocycles. The van der Waals surface area contributed by atoms with E-state index in [4.69, 9.17) is 28.7 Å². The van der Waals surface area contributed by atoms with Gasteiger partial charge >= 0.3 is 5.97 Å². The van der Waals surface area contributed by atoms with E-state index in [0.717, 1.165) is 58.3 Å². The summed E-state index contributed by atoms with van der Waals surface area (Å²) in [5.74, 6) is 0.597. The van der Waals surface area contributed by atoms with Crippen LogP contribution in [0.1, 0.15) is 197 Å². The van der Waals surface area contributed by atoms with E-state index in [2.05, 4.69) is 30.7 Å². The van der Waals surface area contributed by atoms with Crippen LogP contribution in [0.4, 0.5) is 0 Å². The number of hydrogen-bond acceptors (Lipinski definition) is 7. The quantitative estimate of drug-likeness (QED) is 0.0157. The molecule has 0 amide bonds. The minimum Gasteiger partial charge on any atom is -0.466 e. The summed E-state index contributed by atoms with van der Waals surface area (Å²) in [5.41, 5.74) is 5.98. The van der Waals surface area contributed by atoms with Crippen molar-refractivity contribution in [1.29, 1.82) is 0 Å². The Hall–Kier alpha value is -1.27. The molecule has 0 aromatic rings. The number of carbonyl (C=O) groups is 1. The van der Waals surface area contributed by atoms with E-state index in [1.54, 1.807) is 0 Å². The molecule has 2 unspecified atom stereocenters. The summed E-state index contributed by atoms with van der Waals surface area (Å²) in [7, 11) is 3.88. The van der Waals surface area contributed by atoms with Crippen LogP contribution in [-0.4, -0.2) is 103 Å². The van der Waals surface area contributed by atoms with Gasteiger partial charge in [0, 0.05) is 41.4 Å². The molecule has 0 saturated carbocycles. The van der Waals surface area contributed by atoms with Crippen LogP contribution in [0, 0.1) is 0 Å². The topological polar surface area (TPSA) is 127 Å². The van der Waals surface area contributed by atoms with Crippen LogP contribution in [0.2, 0.25) is 0 Å². The van der Waals surface area contributed by atoms with Crippen molar-refractivity contribution in [2.45, 2.75) is 201 Å². The van der Waals surface area contributed by atoms with E-state index in [1.807, 2.05) is 19.0 Å². The van der Waals surface area contributed by atoms with Gasteiger partial charge in [-0.3, -0.25) is 9.79 Å². The van der Waals surface area contributed by atoms with Gasteiger partial charge in [0.25, 0.3) is 0 Å². The van der Waals surface area contributed by atoms with Crippen LogP contribution in [0.3, 0.4) is 0 Å². The Balaban J connectivity index is -0.00000205. The van der Waals surface area contributed by atoms with Crippen molar-refractivity contribution in [3.63, 3.8) is 0 Å². The Morgan fingerprint density at radius 2 is 1.17 bits per heavy atom. The van der Waals surface area contributed by atoms with Gasteiger partial charge in [-0.15, -0.1) is 0 Å². The average molecular weight is 795 g/mol. The minimum absolute atomic E-state index is 0. The van der Waals surface area contributed by atoms with Gasteiger partial charge in [0.1, 0.15) is 17.9 Å². The van der Waals surface area contributed by atoms with Gasteiger partial charge in [-0.25, -0.2) is 4.21 Å². The van der Waals surface area contributed by atoms with Crippen LogP contribution in [0.5, 0.6) is 0 Å². The monoisotopic (exact) mass is 795 g/mol. The Labute approximate surface area is 339 Å². The van der Waals surface area contributed by atoms with Crippen LogP contribution in [0.15, 0.2) is 4.99 Å². The Morgan fingerprint density at radius 3 is 1.74 bits per heavy atom. The largest absolute Gasteiger partial charge is 0.466 e. The standard InChI is InChI=1S/C41H84N4O4.CH4O2S.CH4.H2/c1-6-9-12-20-27-37-48-40(46)31-23-17-13-14-18-24-33-45(35-28-32-43-41(42)44(4)5)34-25-19-15-16-21-26-36-47-38-49-39(29-11-8-3)30-22-10-7-2;1-4(2)3;;/h39H,6-38H2,1-5H3,(H2,42,43);1H3,(H,2,3);1H4;1H. The van der Waals surface area contributed by atoms with E-state index in [0.29, 0.717) is 31.9 Å². The third-order valence-electron chi connectivity index (χ3n) is 9.39. The molecule has 0 spiro atoms. The Bertz CT molecular complexity index is 824. The summed E-state index contributed by atoms with van der Waals surface area (Å²) in [5, 5.41) is 0. The average Bonchev–Trinajstić information content (AvgIpc) is 3.12. The number of nitrogens with two attached hydrogens (primary N) is 1. The molecule has 0 aromatic carbocycles. The number of nitrogens with zero attached hydrogens (tertiary/aromatic N) is 3. The third-order valence-corrected chi connectivity index (χ3v) is 9.39. The smallest absolute Gasteiger partial charge is 0.305 e. The van der Waals surface area contributed by atoms with Crippen molar-refractivity contribution in [2.75, 3.05) is 66.5 Å². The molecular formula is C43H94N4O6S. The molecule has 0 bridgehead atoms. The van der Waals surface area contributed by atoms with Crippen molar-refractivity contribution < 1.29 is 29.2 Å². The third kappa shape index (κ3) is 46.9. The number of guanidine groups is 1. The lowest BCUT2D eigenvalue weighted by Crippen LogP contribution is -2.31. The first-order chi connectivity index (χ1) is 25.7. The normalized spacial score (nSPS) is 12.6. The molecule has 2 atom stereocenters. The molecule has 0 rings (SSSR count). The van der Waals surface area contributed by atoms with Crippen molar-refractivity contribution in [3.8, 4) is 0 Å². The molecule has 0 saturated heterocycles. The fourth-order valence-corrected chi connectivity index (χ4v) is 6.06. The second-order valence-electron chi connectivity index (χ2n) is 14.8. The van der Waals surface area contributed by atoms with Gasteiger partial charge in [0.15, 0.2) is 5.96 Å². The van der Waals surface area contributed by atoms with E-state index in [1.165, 1.54) is 141 Å². The predicted molar refractivity (Wildman–Crippen MR) is 236 cm³/mol. The molecule has 11 heteroatoms. The second kappa shape index (κ2) is 46.1. The maximum atomic E-state index is 11.9. The van der Waals surface area contributed by atoms with E-state index in [-0.39, 0.29) is 14.8 Å². The predicted octanol–water partition coefficient (Wildman–Crippen LogP) is 11.0. The maximum absolute atomic E-state index is 11.9. The summed E-state index contributed by atoms with van der Waals surface area (Å²) in [6.45, 7) is 12.8. The summed E-state index contributed by atoms with van der Waals surface area (Å²) in [4.78, 5) is 21.0. The fraction of sp³-hybridized carbons (Fsp3) is 0.953. The van der Waals surface area contributed by atoms with Crippen molar-refractivity contribution in [3.05, 3.63) is 0 Å². The maximum Gasteiger partial charge on any atom is 0.305 e. The van der Waals surface area contributed by atoms with E-state index in [9.17, 15) is 4.79 Å². The van der Waals surface area contributed by atoms with Crippen LogP contribution >= 0.6 is 0 Å². The molecule has 0 aliphatic carbocycles. The number of rotatable bonds is 38. The first-order valence-electron chi connectivity index (χ1n) is 21.7. The highest BCUT2D eigenvalue weighted by Crippen LogP contribution is 2.14. The zero-order valence-corrected chi connectivity index (χ0v) is 36.5. The van der Waals surface area contributed by atoms with Crippen molar-refractivity contribution in [1.82, 2.24) is 9.80 Å². The fourth-order valence-electron chi connectivity index (χ4n) is 6.06. The second-order valence-corrected chi connectivity index (χ2v) is 15.7. The van der Waals surface area contributed by atoms with Gasteiger partial charge in [0.2, 0.25) is 0 Å². The first-order valence-corrected chi connectivity index (χ1v) is 23.3. The number of carbonyl (C=O) groups excluding carboxylic acids is 1. The molecule has 3 N–H and O–H groups in total. The van der Waals surface area contributed by atoms with Gasteiger partial charge in [-0.2, -0.15) is 0 Å². The van der Waals surface area contributed by atoms with E-state index < -0.39 is 11.1 Å². The van der Waals surface area contributed by atoms with Gasteiger partial charge in [0.05, 0.1) is 12.7 Å². The zero-order valence-electron chi connectivity index (χ0n) is 35.7. The molecule has 0 radical (unpaired) electrons. The Morgan fingerprint density at radius 1 is 0.704 bits per heavy atom.